The second kappa shape index (κ2) is 11.9. The minimum absolute atomic E-state index is 0.107. The molecule has 246 valence electrons. The fraction of sp³-hybridized carbons (Fsp3) is 0.125. The van der Waals surface area contributed by atoms with Crippen LogP contribution in [-0.4, -0.2) is 6.71 Å². The van der Waals surface area contributed by atoms with Gasteiger partial charge in [-0.05, 0) is 140 Å². The minimum Gasteiger partial charge on any atom is -0.311 e. The average molecular weight is 657 g/mol. The summed E-state index contributed by atoms with van der Waals surface area (Å²) in [6.45, 7) is 13.3. The van der Waals surface area contributed by atoms with Crippen LogP contribution in [0.4, 0.5) is 34.1 Å². The van der Waals surface area contributed by atoms with Crippen molar-refractivity contribution in [1.29, 1.82) is 0 Å². The van der Waals surface area contributed by atoms with Crippen LogP contribution in [0.25, 0.3) is 22.3 Å². The highest BCUT2D eigenvalue weighted by molar-refractivity contribution is 7.00. The van der Waals surface area contributed by atoms with Gasteiger partial charge in [-0.25, -0.2) is 0 Å². The number of hydrogen-bond donors (Lipinski definition) is 0. The molecular formula is C48H41BN2. The number of fused-ring (bicyclic) bond motifs is 4. The van der Waals surface area contributed by atoms with E-state index in [1.165, 1.54) is 100 Å². The van der Waals surface area contributed by atoms with Crippen LogP contribution in [0.5, 0.6) is 0 Å². The van der Waals surface area contributed by atoms with E-state index in [-0.39, 0.29) is 6.71 Å². The molecule has 0 aromatic heterocycles. The average Bonchev–Trinajstić information content (AvgIpc) is 3.12. The molecule has 2 aliphatic rings. The van der Waals surface area contributed by atoms with E-state index in [1.54, 1.807) is 0 Å². The molecule has 0 amide bonds. The molecule has 0 N–H and O–H groups in total. The number of rotatable bonds is 4. The third-order valence-corrected chi connectivity index (χ3v) is 10.8. The van der Waals surface area contributed by atoms with E-state index in [0.29, 0.717) is 0 Å². The molecule has 0 unspecified atom stereocenters. The Morgan fingerprint density at radius 2 is 0.725 bits per heavy atom. The lowest BCUT2D eigenvalue weighted by Gasteiger charge is -2.44. The molecule has 0 fully saturated rings. The molecule has 51 heavy (non-hydrogen) atoms. The van der Waals surface area contributed by atoms with Gasteiger partial charge in [0, 0.05) is 34.1 Å². The molecule has 0 spiro atoms. The Labute approximate surface area is 302 Å². The first-order valence-electron chi connectivity index (χ1n) is 18.0. The first kappa shape index (κ1) is 31.2. The predicted molar refractivity (Wildman–Crippen MR) is 220 cm³/mol. The Morgan fingerprint density at radius 3 is 1.20 bits per heavy atom. The van der Waals surface area contributed by atoms with E-state index in [1.807, 2.05) is 0 Å². The van der Waals surface area contributed by atoms with Gasteiger partial charge in [-0.3, -0.25) is 0 Å². The van der Waals surface area contributed by atoms with Crippen molar-refractivity contribution in [3.8, 4) is 22.3 Å². The molecule has 0 aliphatic carbocycles. The van der Waals surface area contributed by atoms with E-state index in [4.69, 9.17) is 0 Å². The molecule has 0 saturated heterocycles. The zero-order chi connectivity index (χ0) is 35.0. The number of hydrogen-bond acceptors (Lipinski definition) is 2. The van der Waals surface area contributed by atoms with Gasteiger partial charge >= 0.3 is 0 Å². The molecule has 0 bridgehead atoms. The lowest BCUT2D eigenvalue weighted by Crippen LogP contribution is -2.61. The molecule has 2 heterocycles. The van der Waals surface area contributed by atoms with Crippen molar-refractivity contribution < 1.29 is 0 Å². The Morgan fingerprint density at radius 1 is 0.314 bits per heavy atom. The quantitative estimate of drug-likeness (QED) is 0.174. The number of nitrogens with zero attached hydrogens (tertiary/aromatic N) is 2. The van der Waals surface area contributed by atoms with Crippen LogP contribution in [-0.2, 0) is 0 Å². The molecule has 0 saturated carbocycles. The molecular weight excluding hydrogens is 615 g/mol. The summed E-state index contributed by atoms with van der Waals surface area (Å²) in [4.78, 5) is 5.04. The highest BCUT2D eigenvalue weighted by Gasteiger charge is 2.43. The summed E-state index contributed by atoms with van der Waals surface area (Å²) in [5, 5.41) is 0. The Balaban J connectivity index is 1.35. The Hall–Kier alpha value is -5.80. The summed E-state index contributed by atoms with van der Waals surface area (Å²) in [6.07, 6.45) is 0. The molecule has 0 atom stereocenters. The van der Waals surface area contributed by atoms with Crippen LogP contribution in [0.15, 0.2) is 140 Å². The maximum absolute atomic E-state index is 2.54. The SMILES string of the molecule is Cc1ccc(-c2cc(-c3ccc(C)cc3)cc(N3c4ccc(C)cc4B4c5cc(C)ccc5N(c5ccc(C)cc5)c5cc(C)cc3c54)c2)cc1. The van der Waals surface area contributed by atoms with Crippen molar-refractivity contribution >= 4 is 57.2 Å². The summed E-state index contributed by atoms with van der Waals surface area (Å²) < 4.78 is 0. The third kappa shape index (κ3) is 5.27. The molecule has 3 heteroatoms. The number of benzene rings is 7. The van der Waals surface area contributed by atoms with E-state index in [9.17, 15) is 0 Å². The highest BCUT2D eigenvalue weighted by Crippen LogP contribution is 2.46. The molecule has 2 aliphatic heterocycles. The second-order valence-corrected chi connectivity index (χ2v) is 14.8. The van der Waals surface area contributed by atoms with Gasteiger partial charge in [0.15, 0.2) is 0 Å². The largest absolute Gasteiger partial charge is 0.311 e. The fourth-order valence-corrected chi connectivity index (χ4v) is 8.20. The lowest BCUT2D eigenvalue weighted by atomic mass is 9.33. The van der Waals surface area contributed by atoms with Crippen LogP contribution in [0, 0.1) is 41.5 Å². The zero-order valence-corrected chi connectivity index (χ0v) is 30.3. The van der Waals surface area contributed by atoms with Gasteiger partial charge in [0.05, 0.1) is 0 Å². The number of anilines is 6. The summed E-state index contributed by atoms with van der Waals surface area (Å²) in [7, 11) is 0. The van der Waals surface area contributed by atoms with Gasteiger partial charge < -0.3 is 9.80 Å². The van der Waals surface area contributed by atoms with Crippen molar-refractivity contribution in [2.75, 3.05) is 9.80 Å². The normalized spacial score (nSPS) is 12.8. The standard InChI is InChI=1S/C48H41BN2/c1-30-7-15-36(16-8-30)38-27-39(37-17-9-31(2)10-18-37)29-41(28-38)51-45-22-14-34(5)24-43(45)49-42-23-33(4)13-21-44(42)50(40-19-11-32(3)12-20-40)46-25-35(6)26-47(51)48(46)49/h7-29H,1-6H3. The lowest BCUT2D eigenvalue weighted by molar-refractivity contribution is 1.23. The van der Waals surface area contributed by atoms with Crippen molar-refractivity contribution in [2.24, 2.45) is 0 Å². The molecule has 9 rings (SSSR count). The number of aryl methyl sites for hydroxylation is 6. The second-order valence-electron chi connectivity index (χ2n) is 14.8. The predicted octanol–water partition coefficient (Wildman–Crippen LogP) is 11.0. The van der Waals surface area contributed by atoms with E-state index in [0.717, 1.165) is 5.69 Å². The van der Waals surface area contributed by atoms with Crippen molar-refractivity contribution in [3.63, 3.8) is 0 Å². The fourth-order valence-electron chi connectivity index (χ4n) is 8.20. The van der Waals surface area contributed by atoms with Gasteiger partial charge in [-0.15, -0.1) is 0 Å². The van der Waals surface area contributed by atoms with Gasteiger partial charge in [0.1, 0.15) is 0 Å². The first-order valence-corrected chi connectivity index (χ1v) is 18.0. The van der Waals surface area contributed by atoms with Gasteiger partial charge in [-0.1, -0.05) is 113 Å². The van der Waals surface area contributed by atoms with Crippen LogP contribution < -0.4 is 26.2 Å². The summed E-state index contributed by atoms with van der Waals surface area (Å²) >= 11 is 0. The van der Waals surface area contributed by atoms with E-state index < -0.39 is 0 Å². The van der Waals surface area contributed by atoms with E-state index >= 15 is 0 Å². The Bertz CT molecular complexity index is 2410. The highest BCUT2D eigenvalue weighted by atomic mass is 15.2. The van der Waals surface area contributed by atoms with Gasteiger partial charge in [0.25, 0.3) is 6.71 Å². The van der Waals surface area contributed by atoms with Crippen LogP contribution in [0.2, 0.25) is 0 Å². The minimum atomic E-state index is 0.107. The van der Waals surface area contributed by atoms with Crippen molar-refractivity contribution in [1.82, 2.24) is 0 Å². The smallest absolute Gasteiger partial charge is 0.252 e. The van der Waals surface area contributed by atoms with Gasteiger partial charge in [-0.2, -0.15) is 0 Å². The van der Waals surface area contributed by atoms with Crippen molar-refractivity contribution in [3.05, 3.63) is 173 Å². The molecule has 2 nitrogen and oxygen atoms in total. The summed E-state index contributed by atoms with van der Waals surface area (Å²) in [6, 6.07) is 52.9. The first-order chi connectivity index (χ1) is 24.7. The monoisotopic (exact) mass is 656 g/mol. The maximum Gasteiger partial charge on any atom is 0.252 e. The Kier molecular flexibility index (Phi) is 7.29. The van der Waals surface area contributed by atoms with Crippen molar-refractivity contribution in [2.45, 2.75) is 41.5 Å². The molecule has 7 aromatic carbocycles. The topological polar surface area (TPSA) is 6.48 Å². The third-order valence-electron chi connectivity index (χ3n) is 10.8. The zero-order valence-electron chi connectivity index (χ0n) is 30.3. The van der Waals surface area contributed by atoms with Crippen LogP contribution in [0.1, 0.15) is 33.4 Å². The van der Waals surface area contributed by atoms with Crippen LogP contribution in [0.3, 0.4) is 0 Å². The maximum atomic E-state index is 2.54. The van der Waals surface area contributed by atoms with Crippen LogP contribution >= 0.6 is 0 Å². The summed E-state index contributed by atoms with van der Waals surface area (Å²) in [5.41, 5.74) is 23.8. The molecule has 7 aromatic rings. The molecule has 0 radical (unpaired) electrons. The van der Waals surface area contributed by atoms with E-state index in [2.05, 4.69) is 191 Å². The van der Waals surface area contributed by atoms with Gasteiger partial charge in [0.2, 0.25) is 0 Å². The summed E-state index contributed by atoms with van der Waals surface area (Å²) in [5.74, 6) is 0.